The van der Waals surface area contributed by atoms with E-state index in [1.54, 1.807) is 25.1 Å². The summed E-state index contributed by atoms with van der Waals surface area (Å²) in [5, 5.41) is 16.6. The van der Waals surface area contributed by atoms with Crippen molar-refractivity contribution in [2.24, 2.45) is 5.73 Å². The van der Waals surface area contributed by atoms with Gasteiger partial charge in [-0.05, 0) is 24.6 Å². The number of hydrogen-bond acceptors (Lipinski definition) is 8. The van der Waals surface area contributed by atoms with Gasteiger partial charge in [-0.2, -0.15) is 5.26 Å². The first-order valence-electron chi connectivity index (χ1n) is 8.56. The summed E-state index contributed by atoms with van der Waals surface area (Å²) < 4.78 is 21.2. The Morgan fingerprint density at radius 3 is 2.75 bits per heavy atom. The molecular weight excluding hydrogens is 364 g/mol. The van der Waals surface area contributed by atoms with Gasteiger partial charge in [-0.25, -0.2) is 0 Å². The van der Waals surface area contributed by atoms with Gasteiger partial charge in [0.15, 0.2) is 11.5 Å². The van der Waals surface area contributed by atoms with Gasteiger partial charge in [0.1, 0.15) is 11.6 Å². The van der Waals surface area contributed by atoms with Crippen LogP contribution in [0.5, 0.6) is 17.4 Å². The highest BCUT2D eigenvalue weighted by Gasteiger charge is 2.36. The van der Waals surface area contributed by atoms with Crippen LogP contribution in [-0.2, 0) is 16.0 Å². The SMILES string of the molecule is CCOC(=O)Cc1[nH]nc2c1[C@@H](c1ccc(OC)c(OC)c1)C(C#N)=C(N)O2. The summed E-state index contributed by atoms with van der Waals surface area (Å²) in [4.78, 5) is 12.0. The number of fused-ring (bicyclic) bond motifs is 1. The lowest BCUT2D eigenvalue weighted by Crippen LogP contribution is -2.22. The monoisotopic (exact) mass is 384 g/mol. The molecule has 146 valence electrons. The van der Waals surface area contributed by atoms with Crippen LogP contribution in [0.15, 0.2) is 29.7 Å². The topological polar surface area (TPSA) is 132 Å². The maximum Gasteiger partial charge on any atom is 0.311 e. The number of nitriles is 1. The van der Waals surface area contributed by atoms with Crippen LogP contribution in [0.2, 0.25) is 0 Å². The minimum atomic E-state index is -0.586. The summed E-state index contributed by atoms with van der Waals surface area (Å²) in [5.41, 5.74) is 7.94. The molecule has 0 spiro atoms. The van der Waals surface area contributed by atoms with Crippen LogP contribution >= 0.6 is 0 Å². The number of H-pyrrole nitrogens is 1. The molecule has 1 aliphatic rings. The summed E-state index contributed by atoms with van der Waals surface area (Å²) in [6.45, 7) is 1.99. The largest absolute Gasteiger partial charge is 0.493 e. The van der Waals surface area contributed by atoms with E-state index in [0.29, 0.717) is 28.3 Å². The molecule has 1 atom stereocenters. The Hall–Kier alpha value is -3.67. The van der Waals surface area contributed by atoms with Crippen molar-refractivity contribution in [2.45, 2.75) is 19.3 Å². The van der Waals surface area contributed by atoms with Gasteiger partial charge in [-0.15, -0.1) is 5.10 Å². The predicted molar refractivity (Wildman–Crippen MR) is 97.8 cm³/mol. The van der Waals surface area contributed by atoms with Gasteiger partial charge in [0.05, 0.1) is 44.4 Å². The van der Waals surface area contributed by atoms with E-state index in [9.17, 15) is 10.1 Å². The summed E-state index contributed by atoms with van der Waals surface area (Å²) in [7, 11) is 3.06. The fourth-order valence-corrected chi connectivity index (χ4v) is 3.17. The highest BCUT2D eigenvalue weighted by Crippen LogP contribution is 2.44. The van der Waals surface area contributed by atoms with E-state index in [-0.39, 0.29) is 30.4 Å². The van der Waals surface area contributed by atoms with E-state index in [1.807, 2.05) is 0 Å². The molecule has 9 heteroatoms. The lowest BCUT2D eigenvalue weighted by atomic mass is 9.83. The molecule has 9 nitrogen and oxygen atoms in total. The van der Waals surface area contributed by atoms with E-state index in [1.165, 1.54) is 14.2 Å². The van der Waals surface area contributed by atoms with Crippen molar-refractivity contribution in [3.63, 3.8) is 0 Å². The molecule has 0 fully saturated rings. The molecular formula is C19H20N4O5. The lowest BCUT2D eigenvalue weighted by molar-refractivity contribution is -0.142. The number of aromatic nitrogens is 2. The van der Waals surface area contributed by atoms with Crippen LogP contribution < -0.4 is 19.9 Å². The fourth-order valence-electron chi connectivity index (χ4n) is 3.17. The zero-order valence-electron chi connectivity index (χ0n) is 15.7. The van der Waals surface area contributed by atoms with Crippen LogP contribution in [0.4, 0.5) is 0 Å². The molecule has 0 saturated heterocycles. The van der Waals surface area contributed by atoms with Gasteiger partial charge in [0, 0.05) is 0 Å². The van der Waals surface area contributed by atoms with Crippen LogP contribution in [0.25, 0.3) is 0 Å². The van der Waals surface area contributed by atoms with Crippen molar-refractivity contribution in [2.75, 3.05) is 20.8 Å². The summed E-state index contributed by atoms with van der Waals surface area (Å²) in [6, 6.07) is 7.39. The van der Waals surface area contributed by atoms with E-state index in [4.69, 9.17) is 24.7 Å². The fraction of sp³-hybridized carbons (Fsp3) is 0.316. The van der Waals surface area contributed by atoms with Crippen molar-refractivity contribution < 1.29 is 23.7 Å². The van der Waals surface area contributed by atoms with Crippen LogP contribution in [0.1, 0.15) is 29.7 Å². The number of esters is 1. The molecule has 0 unspecified atom stereocenters. The number of carbonyl (C=O) groups excluding carboxylic acids is 1. The molecule has 2 heterocycles. The van der Waals surface area contributed by atoms with Crippen molar-refractivity contribution in [3.8, 4) is 23.4 Å². The number of nitrogens with zero attached hydrogens (tertiary/aromatic N) is 2. The molecule has 3 rings (SSSR count). The maximum atomic E-state index is 12.0. The number of ether oxygens (including phenoxy) is 4. The number of aromatic amines is 1. The second-order valence-electron chi connectivity index (χ2n) is 5.94. The number of carbonyl (C=O) groups is 1. The summed E-state index contributed by atoms with van der Waals surface area (Å²) >= 11 is 0. The molecule has 0 amide bonds. The van der Waals surface area contributed by atoms with Gasteiger partial charge in [0.25, 0.3) is 0 Å². The third kappa shape index (κ3) is 3.32. The average Bonchev–Trinajstić information content (AvgIpc) is 3.08. The van der Waals surface area contributed by atoms with E-state index in [0.717, 1.165) is 0 Å². The molecule has 2 aromatic rings. The van der Waals surface area contributed by atoms with E-state index >= 15 is 0 Å². The highest BCUT2D eigenvalue weighted by molar-refractivity contribution is 5.73. The molecule has 3 N–H and O–H groups in total. The third-order valence-corrected chi connectivity index (χ3v) is 4.39. The normalized spacial score (nSPS) is 15.3. The standard InChI is InChI=1S/C19H20N4O5/c1-4-27-15(24)8-12-17-16(10-5-6-13(25-2)14(7-10)26-3)11(9-20)18(21)28-19(17)23-22-12/h5-7,16H,4,8,21H2,1-3H3,(H,22,23)/t16-/m0/s1. The maximum absolute atomic E-state index is 12.0. The molecule has 0 bridgehead atoms. The van der Waals surface area contributed by atoms with E-state index < -0.39 is 11.9 Å². The Morgan fingerprint density at radius 2 is 2.11 bits per heavy atom. The molecule has 1 aromatic heterocycles. The lowest BCUT2D eigenvalue weighted by Gasteiger charge is -2.24. The number of benzene rings is 1. The van der Waals surface area contributed by atoms with Gasteiger partial charge in [-0.1, -0.05) is 6.07 Å². The molecule has 0 radical (unpaired) electrons. The highest BCUT2D eigenvalue weighted by atomic mass is 16.5. The van der Waals surface area contributed by atoms with Crippen molar-refractivity contribution in [1.82, 2.24) is 10.2 Å². The predicted octanol–water partition coefficient (Wildman–Crippen LogP) is 1.75. The second kappa shape index (κ2) is 7.92. The van der Waals surface area contributed by atoms with Crippen LogP contribution in [0, 0.1) is 11.3 Å². The minimum absolute atomic E-state index is 0.0380. The number of nitrogens with one attached hydrogen (secondary N) is 1. The van der Waals surface area contributed by atoms with Gasteiger partial charge < -0.3 is 24.7 Å². The quantitative estimate of drug-likeness (QED) is 0.720. The van der Waals surface area contributed by atoms with Gasteiger partial charge in [-0.3, -0.25) is 9.89 Å². The molecule has 28 heavy (non-hydrogen) atoms. The first-order valence-corrected chi connectivity index (χ1v) is 8.56. The van der Waals surface area contributed by atoms with Gasteiger partial charge >= 0.3 is 5.97 Å². The van der Waals surface area contributed by atoms with Crippen LogP contribution in [0.3, 0.4) is 0 Å². The van der Waals surface area contributed by atoms with Crippen molar-refractivity contribution in [1.29, 1.82) is 5.26 Å². The Labute approximate surface area is 161 Å². The van der Waals surface area contributed by atoms with Gasteiger partial charge in [0.2, 0.25) is 11.8 Å². The van der Waals surface area contributed by atoms with E-state index in [2.05, 4.69) is 16.3 Å². The summed E-state index contributed by atoms with van der Waals surface area (Å²) in [6.07, 6.45) is -0.0397. The number of rotatable bonds is 6. The molecule has 1 aromatic carbocycles. The second-order valence-corrected chi connectivity index (χ2v) is 5.94. The zero-order valence-corrected chi connectivity index (χ0v) is 15.7. The summed E-state index contributed by atoms with van der Waals surface area (Å²) in [5.74, 6) is 0.226. The zero-order chi connectivity index (χ0) is 20.3. The third-order valence-electron chi connectivity index (χ3n) is 4.39. The molecule has 0 aliphatic carbocycles. The first-order chi connectivity index (χ1) is 13.5. The van der Waals surface area contributed by atoms with Crippen molar-refractivity contribution in [3.05, 3.63) is 46.5 Å². The Bertz CT molecular complexity index is 973. The Kier molecular flexibility index (Phi) is 5.40. The Morgan fingerprint density at radius 1 is 1.36 bits per heavy atom. The number of nitrogens with two attached hydrogens (primary N) is 1. The van der Waals surface area contributed by atoms with Crippen LogP contribution in [-0.4, -0.2) is 37.0 Å². The minimum Gasteiger partial charge on any atom is -0.493 e. The number of methoxy groups -OCH3 is 2. The smallest absolute Gasteiger partial charge is 0.311 e. The van der Waals surface area contributed by atoms with Crippen molar-refractivity contribution >= 4 is 5.97 Å². The number of allylic oxidation sites excluding steroid dienone is 1. The first kappa shape index (κ1) is 19.1. The number of hydrogen-bond donors (Lipinski definition) is 2. The molecule has 1 aliphatic heterocycles. The average molecular weight is 384 g/mol. The Balaban J connectivity index is 2.13. The molecule has 0 saturated carbocycles.